The average Bonchev–Trinajstić information content (AvgIpc) is 3.38. The number of furan rings is 1. The van der Waals surface area contributed by atoms with Gasteiger partial charge in [0.25, 0.3) is 5.91 Å². The molecule has 0 radical (unpaired) electrons. The van der Waals surface area contributed by atoms with Gasteiger partial charge in [0.15, 0.2) is 27.4 Å². The number of rotatable bonds is 5. The van der Waals surface area contributed by atoms with Gasteiger partial charge in [-0.2, -0.15) is 0 Å². The van der Waals surface area contributed by atoms with Crippen LogP contribution >= 0.6 is 22.7 Å². The second-order valence-electron chi connectivity index (χ2n) is 5.55. The number of anilines is 1. The highest BCUT2D eigenvalue weighted by Gasteiger charge is 2.19. The fraction of sp³-hybridized carbons (Fsp3) is 0.167. The summed E-state index contributed by atoms with van der Waals surface area (Å²) in [7, 11) is 3.15. The maximum atomic E-state index is 12.7. The van der Waals surface area contributed by atoms with E-state index in [1.165, 1.54) is 22.7 Å². The van der Waals surface area contributed by atoms with Crippen molar-refractivity contribution in [3.63, 3.8) is 0 Å². The first-order valence-corrected chi connectivity index (χ1v) is 9.57. The molecule has 4 rings (SSSR count). The fourth-order valence-electron chi connectivity index (χ4n) is 2.58. The quantitative estimate of drug-likeness (QED) is 0.526. The first kappa shape index (κ1) is 17.5. The van der Waals surface area contributed by atoms with Crippen LogP contribution < -0.4 is 14.8 Å². The second-order valence-corrected chi connectivity index (χ2v) is 7.78. The molecular weight excluding hydrogens is 386 g/mol. The van der Waals surface area contributed by atoms with Crippen molar-refractivity contribution in [2.75, 3.05) is 19.5 Å². The summed E-state index contributed by atoms with van der Waals surface area (Å²) < 4.78 is 16.8. The van der Waals surface area contributed by atoms with Gasteiger partial charge in [-0.05, 0) is 19.1 Å². The molecule has 138 valence electrons. The molecule has 0 aliphatic rings. The first-order valence-electron chi connectivity index (χ1n) is 7.94. The Labute approximate surface area is 162 Å². The molecule has 3 heterocycles. The molecule has 0 bridgehead atoms. The van der Waals surface area contributed by atoms with Gasteiger partial charge in [-0.15, -0.1) is 11.3 Å². The monoisotopic (exact) mass is 401 g/mol. The summed E-state index contributed by atoms with van der Waals surface area (Å²) in [5.74, 6) is 1.54. The van der Waals surface area contributed by atoms with E-state index in [4.69, 9.17) is 13.9 Å². The number of methoxy groups -OCH3 is 2. The van der Waals surface area contributed by atoms with Crippen molar-refractivity contribution in [1.82, 2.24) is 9.97 Å². The summed E-state index contributed by atoms with van der Waals surface area (Å²) in [5.41, 5.74) is 1.08. The molecule has 1 aromatic carbocycles. The van der Waals surface area contributed by atoms with Crippen LogP contribution in [0, 0.1) is 6.92 Å². The van der Waals surface area contributed by atoms with Crippen molar-refractivity contribution < 1.29 is 18.7 Å². The average molecular weight is 401 g/mol. The molecule has 4 aromatic rings. The molecule has 0 saturated heterocycles. The zero-order valence-electron chi connectivity index (χ0n) is 14.7. The summed E-state index contributed by atoms with van der Waals surface area (Å²) >= 11 is 2.77. The molecule has 0 atom stereocenters. The largest absolute Gasteiger partial charge is 0.493 e. The van der Waals surface area contributed by atoms with Gasteiger partial charge >= 0.3 is 0 Å². The SMILES string of the molecule is COc1cc2nc(NC(=O)c3nc(-c4ccco4)sc3C)sc2cc1OC. The van der Waals surface area contributed by atoms with Crippen molar-refractivity contribution in [1.29, 1.82) is 0 Å². The molecule has 3 aromatic heterocycles. The van der Waals surface area contributed by atoms with Gasteiger partial charge in [-0.1, -0.05) is 11.3 Å². The Kier molecular flexibility index (Phi) is 4.54. The van der Waals surface area contributed by atoms with E-state index in [1.54, 1.807) is 32.6 Å². The number of ether oxygens (including phenoxy) is 2. The lowest BCUT2D eigenvalue weighted by Crippen LogP contribution is -2.13. The van der Waals surface area contributed by atoms with Crippen molar-refractivity contribution in [3.05, 3.63) is 41.1 Å². The van der Waals surface area contributed by atoms with Gasteiger partial charge in [0.1, 0.15) is 5.69 Å². The van der Waals surface area contributed by atoms with E-state index in [0.29, 0.717) is 33.1 Å². The lowest BCUT2D eigenvalue weighted by molar-refractivity contribution is 0.102. The Morgan fingerprint density at radius 2 is 1.93 bits per heavy atom. The van der Waals surface area contributed by atoms with Crippen molar-refractivity contribution in [2.45, 2.75) is 6.92 Å². The van der Waals surface area contributed by atoms with Crippen LogP contribution in [0.5, 0.6) is 11.5 Å². The molecule has 9 heteroatoms. The molecule has 0 fully saturated rings. The van der Waals surface area contributed by atoms with Gasteiger partial charge in [0.05, 0.1) is 30.7 Å². The minimum Gasteiger partial charge on any atom is -0.493 e. The summed E-state index contributed by atoms with van der Waals surface area (Å²) in [4.78, 5) is 22.3. The Hall–Kier alpha value is -2.91. The van der Waals surface area contributed by atoms with Gasteiger partial charge in [-0.3, -0.25) is 10.1 Å². The maximum Gasteiger partial charge on any atom is 0.277 e. The number of hydrogen-bond acceptors (Lipinski definition) is 8. The molecule has 0 unspecified atom stereocenters. The zero-order chi connectivity index (χ0) is 19.0. The van der Waals surface area contributed by atoms with Crippen LogP contribution in [0.4, 0.5) is 5.13 Å². The van der Waals surface area contributed by atoms with E-state index >= 15 is 0 Å². The Morgan fingerprint density at radius 1 is 1.15 bits per heavy atom. The highest BCUT2D eigenvalue weighted by Crippen LogP contribution is 2.36. The van der Waals surface area contributed by atoms with E-state index in [-0.39, 0.29) is 5.91 Å². The number of thiazole rings is 2. The lowest BCUT2D eigenvalue weighted by Gasteiger charge is -2.05. The van der Waals surface area contributed by atoms with Crippen LogP contribution in [0.3, 0.4) is 0 Å². The number of hydrogen-bond donors (Lipinski definition) is 1. The molecule has 0 aliphatic heterocycles. The lowest BCUT2D eigenvalue weighted by atomic mass is 10.3. The summed E-state index contributed by atoms with van der Waals surface area (Å²) in [6.45, 7) is 1.85. The highest BCUT2D eigenvalue weighted by molar-refractivity contribution is 7.22. The number of amides is 1. The first-order chi connectivity index (χ1) is 13.1. The van der Waals surface area contributed by atoms with Gasteiger partial charge in [-0.25, -0.2) is 9.97 Å². The topological polar surface area (TPSA) is 86.5 Å². The zero-order valence-corrected chi connectivity index (χ0v) is 16.4. The number of aryl methyl sites for hydroxylation is 1. The number of nitrogens with one attached hydrogen (secondary N) is 1. The van der Waals surface area contributed by atoms with Crippen LogP contribution in [-0.2, 0) is 0 Å². The van der Waals surface area contributed by atoms with Crippen molar-refractivity contribution in [3.8, 4) is 22.3 Å². The van der Waals surface area contributed by atoms with Gasteiger partial charge in [0.2, 0.25) is 0 Å². The van der Waals surface area contributed by atoms with Gasteiger partial charge < -0.3 is 13.9 Å². The highest BCUT2D eigenvalue weighted by atomic mass is 32.1. The van der Waals surface area contributed by atoms with E-state index in [0.717, 1.165) is 15.1 Å². The second kappa shape index (κ2) is 7.01. The van der Waals surface area contributed by atoms with E-state index in [2.05, 4.69) is 15.3 Å². The molecular formula is C18H15N3O4S2. The molecule has 1 N–H and O–H groups in total. The fourth-order valence-corrected chi connectivity index (χ4v) is 4.33. The number of nitrogens with zero attached hydrogens (tertiary/aromatic N) is 2. The molecule has 0 spiro atoms. The predicted octanol–water partition coefficient (Wildman–Crippen LogP) is 4.59. The third kappa shape index (κ3) is 3.26. The van der Waals surface area contributed by atoms with Gasteiger partial charge in [0, 0.05) is 17.0 Å². The molecule has 0 saturated carbocycles. The predicted molar refractivity (Wildman–Crippen MR) is 105 cm³/mol. The van der Waals surface area contributed by atoms with Crippen molar-refractivity contribution >= 4 is 43.9 Å². The van der Waals surface area contributed by atoms with E-state index < -0.39 is 0 Å². The normalized spacial score (nSPS) is 10.9. The number of aromatic nitrogens is 2. The number of carbonyl (C=O) groups excluding carboxylic acids is 1. The number of benzene rings is 1. The molecule has 1 amide bonds. The standard InChI is InChI=1S/C18H15N3O4S2/c1-9-15(20-17(26-9)11-5-4-6-25-11)16(22)21-18-19-10-7-12(23-2)13(24-3)8-14(10)27-18/h4-8H,1-3H3,(H,19,21,22). The van der Waals surface area contributed by atoms with Crippen LogP contribution in [-0.4, -0.2) is 30.1 Å². The summed E-state index contributed by atoms with van der Waals surface area (Å²) in [6, 6.07) is 7.22. The number of carbonyl (C=O) groups is 1. The Morgan fingerprint density at radius 3 is 2.63 bits per heavy atom. The van der Waals surface area contributed by atoms with Crippen molar-refractivity contribution in [2.24, 2.45) is 0 Å². The Balaban J connectivity index is 1.61. The minimum absolute atomic E-state index is 0.306. The third-order valence-electron chi connectivity index (χ3n) is 3.86. The molecule has 27 heavy (non-hydrogen) atoms. The van der Waals surface area contributed by atoms with Crippen LogP contribution in [0.15, 0.2) is 34.9 Å². The number of fused-ring (bicyclic) bond motifs is 1. The maximum absolute atomic E-state index is 12.7. The minimum atomic E-state index is -0.306. The molecule has 7 nitrogen and oxygen atoms in total. The van der Waals surface area contributed by atoms with E-state index in [9.17, 15) is 4.79 Å². The third-order valence-corrected chi connectivity index (χ3v) is 5.78. The van der Waals surface area contributed by atoms with E-state index in [1.807, 2.05) is 19.1 Å². The van der Waals surface area contributed by atoms with Crippen LogP contribution in [0.1, 0.15) is 15.4 Å². The van der Waals surface area contributed by atoms with Crippen LogP contribution in [0.2, 0.25) is 0 Å². The summed E-state index contributed by atoms with van der Waals surface area (Å²) in [6.07, 6.45) is 1.58. The Bertz CT molecular complexity index is 1070. The smallest absolute Gasteiger partial charge is 0.277 e. The summed E-state index contributed by atoms with van der Waals surface area (Å²) in [5, 5.41) is 3.97. The molecule has 0 aliphatic carbocycles. The van der Waals surface area contributed by atoms with Crippen LogP contribution in [0.25, 0.3) is 21.0 Å².